The molecule has 1 amide bonds. The van der Waals surface area contributed by atoms with E-state index < -0.39 is 11.8 Å². The lowest BCUT2D eigenvalue weighted by Crippen LogP contribution is -2.49. The number of benzene rings is 1. The second-order valence-corrected chi connectivity index (χ2v) is 7.23. The zero-order valence-corrected chi connectivity index (χ0v) is 15.9. The first kappa shape index (κ1) is 18.3. The van der Waals surface area contributed by atoms with Gasteiger partial charge in [0.05, 0.1) is 13.2 Å². The number of hydrogen-bond acceptors (Lipinski definition) is 6. The summed E-state index contributed by atoms with van der Waals surface area (Å²) in [5.41, 5.74) is 0.809. The number of piperidine rings is 1. The molecule has 0 bridgehead atoms. The fourth-order valence-corrected chi connectivity index (χ4v) is 3.70. The van der Waals surface area contributed by atoms with Crippen molar-refractivity contribution >= 4 is 17.5 Å². The molecule has 1 aromatic heterocycles. The highest BCUT2D eigenvalue weighted by Crippen LogP contribution is 2.32. The molecule has 0 radical (unpaired) electrons. The molecule has 3 heterocycles. The van der Waals surface area contributed by atoms with E-state index in [1.807, 2.05) is 24.0 Å². The predicted molar refractivity (Wildman–Crippen MR) is 98.0 cm³/mol. The minimum absolute atomic E-state index is 0.00500. The fraction of sp³-hybridized carbons (Fsp3) is 0.556. The second-order valence-electron chi connectivity index (χ2n) is 6.80. The maximum absolute atomic E-state index is 13.0. The Hall–Kier alpha value is -2.03. The minimum Gasteiger partial charge on any atom is -0.347 e. The fourth-order valence-electron chi connectivity index (χ4n) is 3.57. The number of likely N-dealkylation sites (tertiary alicyclic amines) is 1. The van der Waals surface area contributed by atoms with Gasteiger partial charge in [-0.15, -0.1) is 10.2 Å². The molecule has 2 aliphatic heterocycles. The molecule has 1 aromatic carbocycles. The van der Waals surface area contributed by atoms with Crippen molar-refractivity contribution in [2.75, 3.05) is 26.3 Å². The van der Waals surface area contributed by atoms with Gasteiger partial charge < -0.3 is 14.4 Å². The van der Waals surface area contributed by atoms with E-state index in [0.717, 1.165) is 5.56 Å². The van der Waals surface area contributed by atoms with Crippen LogP contribution in [-0.4, -0.2) is 63.1 Å². The molecule has 144 valence electrons. The summed E-state index contributed by atoms with van der Waals surface area (Å²) in [7, 11) is 0. The van der Waals surface area contributed by atoms with Gasteiger partial charge in [0.2, 0.25) is 11.7 Å². The number of halogens is 1. The van der Waals surface area contributed by atoms with Crippen LogP contribution in [0.5, 0.6) is 0 Å². The molecular formula is C18H22ClN5O3. The summed E-state index contributed by atoms with van der Waals surface area (Å²) in [6.07, 6.45) is 1.97. The molecule has 9 heteroatoms. The number of aromatic nitrogens is 4. The molecule has 0 N–H and O–H groups in total. The lowest BCUT2D eigenvalue weighted by Gasteiger charge is -2.38. The standard InChI is InChI=1S/C18H22ClN5O3/c1-2-15(17(25)23-9-7-18(8-10-23)26-11-12-27-18)24-21-16(20-22-24)13-3-5-14(19)6-4-13/h3-6,15H,2,7-12H2,1H3/t15-/m1/s1. The van der Waals surface area contributed by atoms with Gasteiger partial charge in [0.25, 0.3) is 0 Å². The van der Waals surface area contributed by atoms with Crippen molar-refractivity contribution in [1.82, 2.24) is 25.1 Å². The van der Waals surface area contributed by atoms with Crippen LogP contribution in [0.3, 0.4) is 0 Å². The largest absolute Gasteiger partial charge is 0.347 e. The third-order valence-electron chi connectivity index (χ3n) is 5.13. The first-order valence-electron chi connectivity index (χ1n) is 9.22. The van der Waals surface area contributed by atoms with E-state index in [9.17, 15) is 4.79 Å². The first-order chi connectivity index (χ1) is 13.1. The van der Waals surface area contributed by atoms with E-state index in [0.29, 0.717) is 56.4 Å². The molecule has 2 fully saturated rings. The SMILES string of the molecule is CC[C@H](C(=O)N1CCC2(CC1)OCCO2)n1nnc(-c2ccc(Cl)cc2)n1. The second kappa shape index (κ2) is 7.53. The smallest absolute Gasteiger partial charge is 0.249 e. The molecule has 0 saturated carbocycles. The van der Waals surface area contributed by atoms with Gasteiger partial charge in [-0.2, -0.15) is 4.80 Å². The normalized spacial score (nSPS) is 20.1. The van der Waals surface area contributed by atoms with Gasteiger partial charge in [0, 0.05) is 36.5 Å². The summed E-state index contributed by atoms with van der Waals surface area (Å²) in [5.74, 6) is -0.0140. The van der Waals surface area contributed by atoms with Crippen molar-refractivity contribution in [3.63, 3.8) is 0 Å². The van der Waals surface area contributed by atoms with Crippen LogP contribution in [0.2, 0.25) is 5.02 Å². The summed E-state index contributed by atoms with van der Waals surface area (Å²) in [5, 5.41) is 13.3. The highest BCUT2D eigenvalue weighted by molar-refractivity contribution is 6.30. The number of tetrazole rings is 1. The van der Waals surface area contributed by atoms with Crippen LogP contribution in [0, 0.1) is 0 Å². The summed E-state index contributed by atoms with van der Waals surface area (Å²) in [4.78, 5) is 16.3. The Labute approximate surface area is 162 Å². The zero-order valence-electron chi connectivity index (χ0n) is 15.2. The molecule has 0 aliphatic carbocycles. The van der Waals surface area contributed by atoms with Crippen molar-refractivity contribution in [1.29, 1.82) is 0 Å². The Morgan fingerprint density at radius 2 is 1.89 bits per heavy atom. The minimum atomic E-state index is -0.494. The highest BCUT2D eigenvalue weighted by atomic mass is 35.5. The van der Waals surface area contributed by atoms with Gasteiger partial charge in [-0.25, -0.2) is 0 Å². The summed E-state index contributed by atoms with van der Waals surface area (Å²) in [6.45, 7) is 4.41. The van der Waals surface area contributed by atoms with E-state index in [-0.39, 0.29) is 5.91 Å². The molecular weight excluding hydrogens is 370 g/mol. The van der Waals surface area contributed by atoms with Crippen molar-refractivity contribution in [2.45, 2.75) is 38.0 Å². The molecule has 4 rings (SSSR count). The summed E-state index contributed by atoms with van der Waals surface area (Å²) in [6, 6.07) is 6.74. The highest BCUT2D eigenvalue weighted by Gasteiger charge is 2.42. The Morgan fingerprint density at radius 1 is 1.22 bits per heavy atom. The average Bonchev–Trinajstić information content (AvgIpc) is 3.34. The van der Waals surface area contributed by atoms with Crippen LogP contribution in [0.1, 0.15) is 32.2 Å². The van der Waals surface area contributed by atoms with Gasteiger partial charge in [-0.3, -0.25) is 4.79 Å². The maximum Gasteiger partial charge on any atom is 0.249 e. The summed E-state index contributed by atoms with van der Waals surface area (Å²) < 4.78 is 11.5. The molecule has 2 aliphatic rings. The van der Waals surface area contributed by atoms with E-state index >= 15 is 0 Å². The van der Waals surface area contributed by atoms with E-state index in [1.54, 1.807) is 12.1 Å². The van der Waals surface area contributed by atoms with Crippen LogP contribution in [-0.2, 0) is 14.3 Å². The van der Waals surface area contributed by atoms with Crippen LogP contribution in [0.4, 0.5) is 0 Å². The van der Waals surface area contributed by atoms with Crippen LogP contribution >= 0.6 is 11.6 Å². The van der Waals surface area contributed by atoms with Gasteiger partial charge >= 0.3 is 0 Å². The van der Waals surface area contributed by atoms with Gasteiger partial charge in [0.1, 0.15) is 0 Å². The number of carbonyl (C=O) groups is 1. The quantitative estimate of drug-likeness (QED) is 0.795. The van der Waals surface area contributed by atoms with Gasteiger partial charge in [-0.1, -0.05) is 18.5 Å². The third-order valence-corrected chi connectivity index (χ3v) is 5.38. The Morgan fingerprint density at radius 3 is 2.52 bits per heavy atom. The Balaban J connectivity index is 1.45. The third kappa shape index (κ3) is 3.69. The van der Waals surface area contributed by atoms with Gasteiger partial charge in [0.15, 0.2) is 11.8 Å². The Kier molecular flexibility index (Phi) is 5.12. The van der Waals surface area contributed by atoms with E-state index in [2.05, 4.69) is 15.4 Å². The lowest BCUT2D eigenvalue weighted by molar-refractivity contribution is -0.188. The zero-order chi connectivity index (χ0) is 18.9. The topological polar surface area (TPSA) is 82.4 Å². The van der Waals surface area contributed by atoms with Crippen molar-refractivity contribution in [3.05, 3.63) is 29.3 Å². The first-order valence-corrected chi connectivity index (χ1v) is 9.60. The lowest BCUT2D eigenvalue weighted by atomic mass is 10.0. The average molecular weight is 392 g/mol. The molecule has 27 heavy (non-hydrogen) atoms. The van der Waals surface area contributed by atoms with E-state index in [1.165, 1.54) is 4.80 Å². The number of amides is 1. The Bertz CT molecular complexity index is 794. The predicted octanol–water partition coefficient (Wildman–Crippen LogP) is 2.31. The van der Waals surface area contributed by atoms with Crippen LogP contribution in [0.15, 0.2) is 24.3 Å². The molecule has 2 aromatic rings. The molecule has 1 atom stereocenters. The number of hydrogen-bond donors (Lipinski definition) is 0. The van der Waals surface area contributed by atoms with Gasteiger partial charge in [-0.05, 0) is 35.9 Å². The van der Waals surface area contributed by atoms with Crippen molar-refractivity contribution in [3.8, 4) is 11.4 Å². The molecule has 2 saturated heterocycles. The monoisotopic (exact) mass is 391 g/mol. The number of carbonyl (C=O) groups excluding carboxylic acids is 1. The van der Waals surface area contributed by atoms with E-state index in [4.69, 9.17) is 21.1 Å². The molecule has 0 unspecified atom stereocenters. The number of ether oxygens (including phenoxy) is 2. The van der Waals surface area contributed by atoms with Crippen LogP contribution in [0.25, 0.3) is 11.4 Å². The number of rotatable bonds is 4. The summed E-state index contributed by atoms with van der Waals surface area (Å²) >= 11 is 5.92. The molecule has 8 nitrogen and oxygen atoms in total. The maximum atomic E-state index is 13.0. The van der Waals surface area contributed by atoms with Crippen LogP contribution < -0.4 is 0 Å². The van der Waals surface area contributed by atoms with Crippen molar-refractivity contribution in [2.24, 2.45) is 0 Å². The van der Waals surface area contributed by atoms with Crippen molar-refractivity contribution < 1.29 is 14.3 Å². The molecule has 1 spiro atoms. The number of nitrogens with zero attached hydrogens (tertiary/aromatic N) is 5.